The number of benzene rings is 2. The fraction of sp³-hybridized carbons (Fsp3) is 0.350. The SMILES string of the molecule is CCC(CNS(=O)(=O)c1ccc(NC(C)=O)cc1C)(OC)c1ccccc1. The van der Waals surface area contributed by atoms with E-state index in [0.29, 0.717) is 17.7 Å². The zero-order valence-electron chi connectivity index (χ0n) is 16.1. The van der Waals surface area contributed by atoms with E-state index in [1.807, 2.05) is 37.3 Å². The van der Waals surface area contributed by atoms with Crippen molar-refractivity contribution in [2.24, 2.45) is 0 Å². The van der Waals surface area contributed by atoms with Crippen molar-refractivity contribution in [3.8, 4) is 0 Å². The van der Waals surface area contributed by atoms with Gasteiger partial charge in [-0.15, -0.1) is 0 Å². The number of methoxy groups -OCH3 is 1. The molecule has 2 aromatic rings. The summed E-state index contributed by atoms with van der Waals surface area (Å²) in [5.74, 6) is -0.209. The third-order valence-corrected chi connectivity index (χ3v) is 6.16. The number of amides is 1. The van der Waals surface area contributed by atoms with Crippen molar-refractivity contribution in [2.75, 3.05) is 19.0 Å². The summed E-state index contributed by atoms with van der Waals surface area (Å²) in [6.07, 6.45) is 0.608. The quantitative estimate of drug-likeness (QED) is 0.725. The molecule has 1 atom stereocenters. The number of carbonyl (C=O) groups is 1. The normalized spacial score (nSPS) is 13.8. The summed E-state index contributed by atoms with van der Waals surface area (Å²) in [5.41, 5.74) is 1.27. The molecular weight excluding hydrogens is 364 g/mol. The highest BCUT2D eigenvalue weighted by Crippen LogP contribution is 2.29. The van der Waals surface area contributed by atoms with Crippen LogP contribution in [0.2, 0.25) is 0 Å². The molecule has 0 aliphatic rings. The van der Waals surface area contributed by atoms with Crippen LogP contribution in [0.5, 0.6) is 0 Å². The van der Waals surface area contributed by atoms with E-state index in [2.05, 4.69) is 10.0 Å². The van der Waals surface area contributed by atoms with Gasteiger partial charge in [0.1, 0.15) is 5.60 Å². The maximum atomic E-state index is 12.8. The first-order chi connectivity index (χ1) is 12.7. The van der Waals surface area contributed by atoms with Crippen molar-refractivity contribution in [3.05, 3.63) is 59.7 Å². The lowest BCUT2D eigenvalue weighted by Crippen LogP contribution is -2.42. The van der Waals surface area contributed by atoms with E-state index in [1.54, 1.807) is 26.2 Å². The molecule has 0 saturated carbocycles. The molecule has 0 aliphatic heterocycles. The number of hydrogen-bond donors (Lipinski definition) is 2. The van der Waals surface area contributed by atoms with Gasteiger partial charge in [0.05, 0.1) is 4.90 Å². The Morgan fingerprint density at radius 2 is 1.81 bits per heavy atom. The number of ether oxygens (including phenoxy) is 1. The molecule has 1 unspecified atom stereocenters. The van der Waals surface area contributed by atoms with Crippen LogP contribution in [0.3, 0.4) is 0 Å². The Hall–Kier alpha value is -2.22. The Morgan fingerprint density at radius 3 is 2.33 bits per heavy atom. The number of aryl methyl sites for hydroxylation is 1. The second kappa shape index (κ2) is 8.65. The number of sulfonamides is 1. The standard InChI is InChI=1S/C20H26N2O4S/c1-5-20(26-4,17-9-7-6-8-10-17)14-21-27(24,25)19-12-11-18(13-15(19)2)22-16(3)23/h6-13,21H,5,14H2,1-4H3,(H,22,23). The van der Waals surface area contributed by atoms with Gasteiger partial charge in [-0.2, -0.15) is 0 Å². The van der Waals surface area contributed by atoms with Crippen LogP contribution in [-0.4, -0.2) is 28.0 Å². The van der Waals surface area contributed by atoms with Crippen molar-refractivity contribution in [1.29, 1.82) is 0 Å². The number of hydrogen-bond acceptors (Lipinski definition) is 4. The number of nitrogens with one attached hydrogen (secondary N) is 2. The number of anilines is 1. The second-order valence-electron chi connectivity index (χ2n) is 6.40. The largest absolute Gasteiger partial charge is 0.372 e. The molecule has 1 amide bonds. The molecule has 6 nitrogen and oxygen atoms in total. The average Bonchev–Trinajstić information content (AvgIpc) is 2.63. The van der Waals surface area contributed by atoms with Gasteiger partial charge < -0.3 is 10.1 Å². The molecule has 0 saturated heterocycles. The zero-order chi connectivity index (χ0) is 20.1. The summed E-state index contributed by atoms with van der Waals surface area (Å²) in [7, 11) is -2.16. The third-order valence-electron chi connectivity index (χ3n) is 4.59. The molecule has 0 aliphatic carbocycles. The van der Waals surface area contributed by atoms with Gasteiger partial charge in [0.15, 0.2) is 0 Å². The summed E-state index contributed by atoms with van der Waals surface area (Å²) in [5, 5.41) is 2.65. The third kappa shape index (κ3) is 4.94. The predicted molar refractivity (Wildman–Crippen MR) is 106 cm³/mol. The molecule has 0 spiro atoms. The van der Waals surface area contributed by atoms with E-state index < -0.39 is 15.6 Å². The van der Waals surface area contributed by atoms with Crippen LogP contribution in [0.1, 0.15) is 31.4 Å². The highest BCUT2D eigenvalue weighted by Gasteiger charge is 2.32. The second-order valence-corrected chi connectivity index (χ2v) is 8.14. The molecule has 27 heavy (non-hydrogen) atoms. The minimum atomic E-state index is -3.74. The minimum absolute atomic E-state index is 0.110. The van der Waals surface area contributed by atoms with Crippen LogP contribution in [-0.2, 0) is 25.2 Å². The summed E-state index contributed by atoms with van der Waals surface area (Å²) in [6, 6.07) is 14.3. The molecule has 0 radical (unpaired) electrons. The van der Waals surface area contributed by atoms with Gasteiger partial charge in [-0.05, 0) is 42.7 Å². The van der Waals surface area contributed by atoms with Crippen molar-refractivity contribution >= 4 is 21.6 Å². The molecule has 2 aromatic carbocycles. The Labute approximate surface area is 161 Å². The summed E-state index contributed by atoms with van der Waals surface area (Å²) >= 11 is 0. The lowest BCUT2D eigenvalue weighted by molar-refractivity contribution is -0.114. The average molecular weight is 391 g/mol. The zero-order valence-corrected chi connectivity index (χ0v) is 16.9. The van der Waals surface area contributed by atoms with E-state index >= 15 is 0 Å². The summed E-state index contributed by atoms with van der Waals surface area (Å²) < 4.78 is 34.1. The molecule has 0 bridgehead atoms. The van der Waals surface area contributed by atoms with Gasteiger partial charge in [0.25, 0.3) is 0 Å². The molecule has 2 rings (SSSR count). The Kier molecular flexibility index (Phi) is 6.75. The molecular formula is C20H26N2O4S. The van der Waals surface area contributed by atoms with Gasteiger partial charge in [-0.3, -0.25) is 4.79 Å². The first-order valence-corrected chi connectivity index (χ1v) is 10.2. The first kappa shape index (κ1) is 21.1. The maximum Gasteiger partial charge on any atom is 0.240 e. The molecule has 0 fully saturated rings. The van der Waals surface area contributed by atoms with E-state index in [1.165, 1.54) is 13.0 Å². The van der Waals surface area contributed by atoms with Crippen molar-refractivity contribution in [1.82, 2.24) is 4.72 Å². The van der Waals surface area contributed by atoms with Crippen LogP contribution in [0.25, 0.3) is 0 Å². The highest BCUT2D eigenvalue weighted by molar-refractivity contribution is 7.89. The van der Waals surface area contributed by atoms with Crippen LogP contribution >= 0.6 is 0 Å². The monoisotopic (exact) mass is 390 g/mol. The molecule has 7 heteroatoms. The van der Waals surface area contributed by atoms with Crippen molar-refractivity contribution in [3.63, 3.8) is 0 Å². The van der Waals surface area contributed by atoms with E-state index in [0.717, 1.165) is 5.56 Å². The van der Waals surface area contributed by atoms with Gasteiger partial charge in [-0.25, -0.2) is 13.1 Å². The lowest BCUT2D eigenvalue weighted by Gasteiger charge is -2.32. The molecule has 0 aromatic heterocycles. The Balaban J connectivity index is 2.26. The lowest BCUT2D eigenvalue weighted by atomic mass is 9.91. The molecule has 146 valence electrons. The number of carbonyl (C=O) groups excluding carboxylic acids is 1. The molecule has 2 N–H and O–H groups in total. The van der Waals surface area contributed by atoms with Crippen LogP contribution in [0, 0.1) is 6.92 Å². The molecule has 0 heterocycles. The predicted octanol–water partition coefficient (Wildman–Crippen LogP) is 3.18. The fourth-order valence-corrected chi connectivity index (χ4v) is 4.34. The van der Waals surface area contributed by atoms with Crippen LogP contribution < -0.4 is 10.0 Å². The van der Waals surface area contributed by atoms with Gasteiger partial charge in [-0.1, -0.05) is 37.3 Å². The van der Waals surface area contributed by atoms with Crippen molar-refractivity contribution < 1.29 is 17.9 Å². The van der Waals surface area contributed by atoms with E-state index in [9.17, 15) is 13.2 Å². The summed E-state index contributed by atoms with van der Waals surface area (Å²) in [4.78, 5) is 11.3. The Bertz CT molecular complexity index is 891. The fourth-order valence-electron chi connectivity index (χ4n) is 3.03. The summed E-state index contributed by atoms with van der Waals surface area (Å²) in [6.45, 7) is 5.16. The minimum Gasteiger partial charge on any atom is -0.372 e. The van der Waals surface area contributed by atoms with Gasteiger partial charge in [0.2, 0.25) is 15.9 Å². The van der Waals surface area contributed by atoms with Crippen LogP contribution in [0.4, 0.5) is 5.69 Å². The van der Waals surface area contributed by atoms with Gasteiger partial charge in [0, 0.05) is 26.3 Å². The van der Waals surface area contributed by atoms with Crippen LogP contribution in [0.15, 0.2) is 53.4 Å². The van der Waals surface area contributed by atoms with Gasteiger partial charge >= 0.3 is 0 Å². The maximum absolute atomic E-state index is 12.8. The van der Waals surface area contributed by atoms with Crippen molar-refractivity contribution in [2.45, 2.75) is 37.7 Å². The topological polar surface area (TPSA) is 84.5 Å². The van der Waals surface area contributed by atoms with E-state index in [4.69, 9.17) is 4.74 Å². The first-order valence-electron chi connectivity index (χ1n) is 8.72. The highest BCUT2D eigenvalue weighted by atomic mass is 32.2. The Morgan fingerprint density at radius 1 is 1.15 bits per heavy atom. The number of rotatable bonds is 8. The smallest absolute Gasteiger partial charge is 0.240 e. The van der Waals surface area contributed by atoms with E-state index in [-0.39, 0.29) is 17.3 Å².